The van der Waals surface area contributed by atoms with Crippen LogP contribution in [0, 0.1) is 6.92 Å². The third kappa shape index (κ3) is 3.06. The van der Waals surface area contributed by atoms with Gasteiger partial charge in [0.1, 0.15) is 0 Å². The van der Waals surface area contributed by atoms with Crippen molar-refractivity contribution >= 4 is 17.3 Å². The van der Waals surface area contributed by atoms with Crippen LogP contribution in [0.4, 0.5) is 5.69 Å². The van der Waals surface area contributed by atoms with Crippen molar-refractivity contribution in [2.75, 3.05) is 5.73 Å². The van der Waals surface area contributed by atoms with Crippen molar-refractivity contribution in [3.63, 3.8) is 0 Å². The van der Waals surface area contributed by atoms with Gasteiger partial charge in [-0.2, -0.15) is 0 Å². The molecule has 0 amide bonds. The van der Waals surface area contributed by atoms with E-state index in [0.717, 1.165) is 16.7 Å². The SMILES string of the molecule is Cc1ccc(-c2nnc(Cc3ccc(Cl)cc3)o2)cc1N. The molecule has 3 rings (SSSR count). The number of anilines is 1. The van der Waals surface area contributed by atoms with Gasteiger partial charge < -0.3 is 10.2 Å². The minimum absolute atomic E-state index is 0.477. The van der Waals surface area contributed by atoms with Crippen molar-refractivity contribution < 1.29 is 4.42 Å². The molecule has 0 radical (unpaired) electrons. The zero-order valence-corrected chi connectivity index (χ0v) is 12.3. The fourth-order valence-corrected chi connectivity index (χ4v) is 2.12. The molecule has 0 bridgehead atoms. The van der Waals surface area contributed by atoms with Crippen molar-refractivity contribution in [2.24, 2.45) is 0 Å². The Kier molecular flexibility index (Phi) is 3.62. The summed E-state index contributed by atoms with van der Waals surface area (Å²) in [6, 6.07) is 13.3. The molecule has 0 aliphatic rings. The van der Waals surface area contributed by atoms with E-state index in [1.165, 1.54) is 0 Å². The lowest BCUT2D eigenvalue weighted by Crippen LogP contribution is -1.89. The van der Waals surface area contributed by atoms with Gasteiger partial charge in [0.05, 0.1) is 6.42 Å². The number of aromatic nitrogens is 2. The maximum Gasteiger partial charge on any atom is 0.247 e. The second-order valence-electron chi connectivity index (χ2n) is 4.88. The van der Waals surface area contributed by atoms with Crippen molar-refractivity contribution in [3.05, 3.63) is 64.5 Å². The van der Waals surface area contributed by atoms with Gasteiger partial charge in [-0.1, -0.05) is 29.8 Å². The summed E-state index contributed by atoms with van der Waals surface area (Å²) in [7, 11) is 0. The molecule has 2 N–H and O–H groups in total. The third-order valence-corrected chi connectivity index (χ3v) is 3.51. The Labute approximate surface area is 127 Å². The van der Waals surface area contributed by atoms with E-state index in [4.69, 9.17) is 21.8 Å². The normalized spacial score (nSPS) is 10.8. The summed E-state index contributed by atoms with van der Waals surface area (Å²) in [5.74, 6) is 1.04. The van der Waals surface area contributed by atoms with Crippen molar-refractivity contribution in [1.29, 1.82) is 0 Å². The highest BCUT2D eigenvalue weighted by molar-refractivity contribution is 6.30. The second-order valence-corrected chi connectivity index (χ2v) is 5.31. The number of nitrogen functional groups attached to an aromatic ring is 1. The van der Waals surface area contributed by atoms with Crippen molar-refractivity contribution in [3.8, 4) is 11.5 Å². The highest BCUT2D eigenvalue weighted by Crippen LogP contribution is 2.23. The van der Waals surface area contributed by atoms with Crippen LogP contribution in [-0.2, 0) is 6.42 Å². The summed E-state index contributed by atoms with van der Waals surface area (Å²) >= 11 is 5.86. The van der Waals surface area contributed by atoms with Crippen molar-refractivity contribution in [1.82, 2.24) is 10.2 Å². The molecule has 0 fully saturated rings. The van der Waals surface area contributed by atoms with Crippen LogP contribution in [0.15, 0.2) is 46.9 Å². The van der Waals surface area contributed by atoms with Crippen LogP contribution in [0.5, 0.6) is 0 Å². The molecular weight excluding hydrogens is 286 g/mol. The minimum Gasteiger partial charge on any atom is -0.420 e. The first-order chi connectivity index (χ1) is 10.1. The van der Waals surface area contributed by atoms with Gasteiger partial charge in [0.2, 0.25) is 11.8 Å². The number of hydrogen-bond acceptors (Lipinski definition) is 4. The van der Waals surface area contributed by atoms with Crippen molar-refractivity contribution in [2.45, 2.75) is 13.3 Å². The molecule has 0 saturated carbocycles. The maximum atomic E-state index is 5.90. The van der Waals surface area contributed by atoms with Gasteiger partial charge in [0.25, 0.3) is 0 Å². The predicted molar refractivity (Wildman–Crippen MR) is 83.1 cm³/mol. The lowest BCUT2D eigenvalue weighted by molar-refractivity contribution is 0.518. The van der Waals surface area contributed by atoms with E-state index in [9.17, 15) is 0 Å². The number of halogens is 1. The maximum absolute atomic E-state index is 5.90. The van der Waals surface area contributed by atoms with Crippen LogP contribution in [0.1, 0.15) is 17.0 Å². The Hall–Kier alpha value is -2.33. The van der Waals surface area contributed by atoms with E-state index in [2.05, 4.69) is 10.2 Å². The van der Waals surface area contributed by atoms with Crippen LogP contribution in [0.2, 0.25) is 5.02 Å². The van der Waals surface area contributed by atoms with Crippen LogP contribution >= 0.6 is 11.6 Å². The van der Waals surface area contributed by atoms with Gasteiger partial charge >= 0.3 is 0 Å². The van der Waals surface area contributed by atoms with Gasteiger partial charge in [0, 0.05) is 16.3 Å². The zero-order chi connectivity index (χ0) is 14.8. The number of benzene rings is 2. The Morgan fingerprint density at radius 3 is 2.57 bits per heavy atom. The summed E-state index contributed by atoms with van der Waals surface area (Å²) in [5.41, 5.74) is 9.53. The standard InChI is InChI=1S/C16H14ClN3O/c1-10-2-5-12(9-14(10)18)16-20-19-15(21-16)8-11-3-6-13(17)7-4-11/h2-7,9H,8,18H2,1H3. The number of rotatable bonds is 3. The fourth-order valence-electron chi connectivity index (χ4n) is 1.99. The topological polar surface area (TPSA) is 64.9 Å². The molecule has 106 valence electrons. The quantitative estimate of drug-likeness (QED) is 0.746. The third-order valence-electron chi connectivity index (χ3n) is 3.26. The Balaban J connectivity index is 1.82. The lowest BCUT2D eigenvalue weighted by atomic mass is 10.1. The Morgan fingerprint density at radius 1 is 1.10 bits per heavy atom. The number of nitrogens with zero attached hydrogens (tertiary/aromatic N) is 2. The largest absolute Gasteiger partial charge is 0.420 e. The minimum atomic E-state index is 0.477. The molecular formula is C16H14ClN3O. The van der Waals surface area contributed by atoms with Crippen LogP contribution in [0.3, 0.4) is 0 Å². The molecule has 2 aromatic carbocycles. The molecule has 0 spiro atoms. The Morgan fingerprint density at radius 2 is 1.86 bits per heavy atom. The van der Waals surface area contributed by atoms with Crippen LogP contribution in [-0.4, -0.2) is 10.2 Å². The smallest absolute Gasteiger partial charge is 0.247 e. The second kappa shape index (κ2) is 5.58. The first-order valence-corrected chi connectivity index (χ1v) is 6.93. The van der Waals surface area contributed by atoms with Gasteiger partial charge in [-0.25, -0.2) is 0 Å². The lowest BCUT2D eigenvalue weighted by Gasteiger charge is -2.01. The van der Waals surface area contributed by atoms with Crippen LogP contribution < -0.4 is 5.73 Å². The van der Waals surface area contributed by atoms with Gasteiger partial charge in [-0.3, -0.25) is 0 Å². The molecule has 0 aliphatic heterocycles. The number of hydrogen-bond donors (Lipinski definition) is 1. The van der Waals surface area contributed by atoms with E-state index >= 15 is 0 Å². The van der Waals surface area contributed by atoms with E-state index in [1.54, 1.807) is 0 Å². The predicted octanol–water partition coefficient (Wildman–Crippen LogP) is 3.87. The summed E-state index contributed by atoms with van der Waals surface area (Å²) in [5, 5.41) is 8.85. The molecule has 0 unspecified atom stereocenters. The molecule has 0 saturated heterocycles. The summed E-state index contributed by atoms with van der Waals surface area (Å²) in [6.45, 7) is 1.96. The zero-order valence-electron chi connectivity index (χ0n) is 11.5. The molecule has 21 heavy (non-hydrogen) atoms. The molecule has 3 aromatic rings. The average molecular weight is 300 g/mol. The van der Waals surface area contributed by atoms with E-state index < -0.39 is 0 Å². The van der Waals surface area contributed by atoms with E-state index in [0.29, 0.717) is 28.9 Å². The van der Waals surface area contributed by atoms with E-state index in [-0.39, 0.29) is 0 Å². The summed E-state index contributed by atoms with van der Waals surface area (Å²) in [6.07, 6.45) is 0.575. The molecule has 5 heteroatoms. The first kappa shape index (κ1) is 13.6. The molecule has 0 aliphatic carbocycles. The van der Waals surface area contributed by atoms with Gasteiger partial charge in [0.15, 0.2) is 0 Å². The van der Waals surface area contributed by atoms with Gasteiger partial charge in [-0.05, 0) is 42.3 Å². The van der Waals surface area contributed by atoms with Gasteiger partial charge in [-0.15, -0.1) is 10.2 Å². The summed E-state index contributed by atoms with van der Waals surface area (Å²) < 4.78 is 5.69. The molecule has 4 nitrogen and oxygen atoms in total. The van der Waals surface area contributed by atoms with Crippen LogP contribution in [0.25, 0.3) is 11.5 Å². The number of nitrogens with two attached hydrogens (primary N) is 1. The fraction of sp³-hybridized carbons (Fsp3) is 0.125. The molecule has 0 atom stereocenters. The first-order valence-electron chi connectivity index (χ1n) is 6.55. The Bertz CT molecular complexity index is 765. The number of aryl methyl sites for hydroxylation is 1. The molecule has 1 aromatic heterocycles. The molecule has 1 heterocycles. The monoisotopic (exact) mass is 299 g/mol. The average Bonchev–Trinajstić information content (AvgIpc) is 2.93. The van der Waals surface area contributed by atoms with E-state index in [1.807, 2.05) is 49.4 Å². The highest BCUT2D eigenvalue weighted by Gasteiger charge is 2.10. The highest BCUT2D eigenvalue weighted by atomic mass is 35.5. The summed E-state index contributed by atoms with van der Waals surface area (Å²) in [4.78, 5) is 0.